The highest BCUT2D eigenvalue weighted by Crippen LogP contribution is 2.29. The highest BCUT2D eigenvalue weighted by atomic mass is 35.5. The molecular weight excluding hydrogens is 374 g/mol. The molecule has 0 spiro atoms. The molecule has 0 aliphatic rings. The van der Waals surface area contributed by atoms with Crippen LogP contribution < -0.4 is 5.32 Å². The fourth-order valence-electron chi connectivity index (χ4n) is 2.76. The molecule has 0 radical (unpaired) electrons. The molecule has 9 heteroatoms. The molecule has 0 bridgehead atoms. The topological polar surface area (TPSA) is 89.2 Å². The van der Waals surface area contributed by atoms with Crippen molar-refractivity contribution in [2.75, 3.05) is 12.4 Å². The maximum absolute atomic E-state index is 13.0. The van der Waals surface area contributed by atoms with Gasteiger partial charge in [-0.2, -0.15) is 4.52 Å². The van der Waals surface area contributed by atoms with Crippen LogP contribution in [0.1, 0.15) is 5.56 Å². The zero-order chi connectivity index (χ0) is 18.5. The van der Waals surface area contributed by atoms with Crippen LogP contribution in [0.4, 0.5) is 5.82 Å². The molecule has 0 saturated carbocycles. The monoisotopic (exact) mass is 387 g/mol. The largest absolute Gasteiger partial charge is 0.373 e. The number of halogens is 1. The first-order valence-corrected chi connectivity index (χ1v) is 9.62. The third kappa shape index (κ3) is 2.49. The van der Waals surface area contributed by atoms with E-state index < -0.39 is 9.84 Å². The number of rotatable bonds is 3. The van der Waals surface area contributed by atoms with E-state index in [0.29, 0.717) is 16.4 Å². The van der Waals surface area contributed by atoms with Crippen LogP contribution in [-0.4, -0.2) is 35.3 Å². The first kappa shape index (κ1) is 16.7. The fourth-order valence-corrected chi connectivity index (χ4v) is 4.17. The van der Waals surface area contributed by atoms with E-state index in [1.807, 2.05) is 6.92 Å². The van der Waals surface area contributed by atoms with E-state index in [9.17, 15) is 8.42 Å². The van der Waals surface area contributed by atoms with Gasteiger partial charge in [-0.3, -0.25) is 0 Å². The van der Waals surface area contributed by atoms with Gasteiger partial charge in [0, 0.05) is 17.5 Å². The van der Waals surface area contributed by atoms with Crippen molar-refractivity contribution < 1.29 is 8.42 Å². The van der Waals surface area contributed by atoms with Gasteiger partial charge in [-0.05, 0) is 37.3 Å². The molecule has 0 fully saturated rings. The lowest BCUT2D eigenvalue weighted by Gasteiger charge is -2.08. The van der Waals surface area contributed by atoms with Crippen LogP contribution in [0.3, 0.4) is 0 Å². The fraction of sp³-hybridized carbons (Fsp3) is 0.118. The molecule has 0 aliphatic heterocycles. The average molecular weight is 388 g/mol. The Morgan fingerprint density at radius 3 is 2.54 bits per heavy atom. The van der Waals surface area contributed by atoms with E-state index in [-0.39, 0.29) is 15.6 Å². The van der Waals surface area contributed by atoms with Crippen LogP contribution in [0, 0.1) is 6.92 Å². The second kappa shape index (κ2) is 5.93. The zero-order valence-corrected chi connectivity index (χ0v) is 15.5. The Bertz CT molecular complexity index is 1250. The van der Waals surface area contributed by atoms with Crippen molar-refractivity contribution in [3.05, 3.63) is 53.1 Å². The van der Waals surface area contributed by atoms with Crippen molar-refractivity contribution in [2.45, 2.75) is 16.8 Å². The quantitative estimate of drug-likeness (QED) is 0.581. The van der Waals surface area contributed by atoms with E-state index in [2.05, 4.69) is 20.6 Å². The molecule has 0 atom stereocenters. The van der Waals surface area contributed by atoms with Gasteiger partial charge < -0.3 is 5.32 Å². The molecule has 132 valence electrons. The maximum Gasteiger partial charge on any atom is 0.229 e. The summed E-state index contributed by atoms with van der Waals surface area (Å²) < 4.78 is 27.4. The van der Waals surface area contributed by atoms with Gasteiger partial charge in [0.1, 0.15) is 5.82 Å². The highest BCUT2D eigenvalue weighted by molar-refractivity contribution is 7.91. The molecule has 0 aliphatic carbocycles. The lowest BCUT2D eigenvalue weighted by atomic mass is 10.2. The third-order valence-corrected chi connectivity index (χ3v) is 6.00. The summed E-state index contributed by atoms with van der Waals surface area (Å²) in [5.74, 6) is 0.498. The number of hydrogen-bond acceptors (Lipinski definition) is 6. The van der Waals surface area contributed by atoms with E-state index in [1.165, 1.54) is 4.52 Å². The van der Waals surface area contributed by atoms with Crippen molar-refractivity contribution in [2.24, 2.45) is 0 Å². The standard InChI is InChI=1S/C17H14ClN5O2S/c1-10-3-6-12(7-4-10)26(24,25)17-16-20-15(19-2)13-9-11(18)5-8-14(13)23(16)22-21-17/h3-9H,1-2H3,(H,19,20). The minimum atomic E-state index is -3.85. The van der Waals surface area contributed by atoms with Crippen molar-refractivity contribution >= 4 is 43.8 Å². The molecule has 7 nitrogen and oxygen atoms in total. The van der Waals surface area contributed by atoms with Gasteiger partial charge in [0.05, 0.1) is 10.4 Å². The summed E-state index contributed by atoms with van der Waals surface area (Å²) in [4.78, 5) is 4.57. The molecule has 0 saturated heterocycles. The third-order valence-electron chi connectivity index (χ3n) is 4.10. The summed E-state index contributed by atoms with van der Waals surface area (Å²) in [5, 5.41) is 12.0. The van der Waals surface area contributed by atoms with E-state index in [0.717, 1.165) is 10.9 Å². The summed E-state index contributed by atoms with van der Waals surface area (Å²) >= 11 is 6.07. The normalized spacial score (nSPS) is 12.0. The Morgan fingerprint density at radius 1 is 1.12 bits per heavy atom. The molecule has 26 heavy (non-hydrogen) atoms. The second-order valence-corrected chi connectivity index (χ2v) is 8.12. The highest BCUT2D eigenvalue weighted by Gasteiger charge is 2.27. The van der Waals surface area contributed by atoms with Crippen LogP contribution in [0.5, 0.6) is 0 Å². The number of anilines is 1. The lowest BCUT2D eigenvalue weighted by molar-refractivity contribution is 0.592. The molecule has 2 aromatic carbocycles. The van der Waals surface area contributed by atoms with Crippen molar-refractivity contribution in [1.29, 1.82) is 0 Å². The average Bonchev–Trinajstić information content (AvgIpc) is 3.05. The van der Waals surface area contributed by atoms with Crippen LogP contribution >= 0.6 is 11.6 Å². The summed E-state index contributed by atoms with van der Waals surface area (Å²) in [6.07, 6.45) is 0. The van der Waals surface area contributed by atoms with Gasteiger partial charge in [0.25, 0.3) is 0 Å². The minimum Gasteiger partial charge on any atom is -0.373 e. The van der Waals surface area contributed by atoms with E-state index in [4.69, 9.17) is 11.6 Å². The van der Waals surface area contributed by atoms with Crippen LogP contribution in [0.15, 0.2) is 52.4 Å². The van der Waals surface area contributed by atoms with Gasteiger partial charge in [-0.1, -0.05) is 34.5 Å². The molecule has 2 aromatic heterocycles. The van der Waals surface area contributed by atoms with Gasteiger partial charge in [0.2, 0.25) is 14.9 Å². The van der Waals surface area contributed by atoms with Gasteiger partial charge >= 0.3 is 0 Å². The molecule has 0 amide bonds. The van der Waals surface area contributed by atoms with Crippen molar-refractivity contribution in [3.63, 3.8) is 0 Å². The summed E-state index contributed by atoms with van der Waals surface area (Å²) in [6, 6.07) is 11.8. The Balaban J connectivity index is 2.03. The molecule has 2 heterocycles. The van der Waals surface area contributed by atoms with Gasteiger partial charge in [0.15, 0.2) is 5.65 Å². The second-order valence-electron chi connectivity index (χ2n) is 5.82. The number of aromatic nitrogens is 4. The first-order chi connectivity index (χ1) is 12.4. The van der Waals surface area contributed by atoms with Crippen molar-refractivity contribution in [1.82, 2.24) is 19.8 Å². The van der Waals surface area contributed by atoms with Crippen molar-refractivity contribution in [3.8, 4) is 0 Å². The Hall–Kier alpha value is -2.71. The van der Waals surface area contributed by atoms with E-state index >= 15 is 0 Å². The number of fused-ring (bicyclic) bond motifs is 3. The zero-order valence-electron chi connectivity index (χ0n) is 13.9. The summed E-state index contributed by atoms with van der Waals surface area (Å²) in [7, 11) is -2.15. The van der Waals surface area contributed by atoms with Gasteiger partial charge in [-0.25, -0.2) is 13.4 Å². The number of nitrogens with zero attached hydrogens (tertiary/aromatic N) is 4. The molecule has 4 rings (SSSR count). The summed E-state index contributed by atoms with van der Waals surface area (Å²) in [5.41, 5.74) is 1.78. The maximum atomic E-state index is 13.0. The predicted octanol–water partition coefficient (Wildman–Crippen LogP) is 3.11. The Kier molecular flexibility index (Phi) is 3.82. The number of hydrogen-bond donors (Lipinski definition) is 1. The molecule has 0 unspecified atom stereocenters. The Morgan fingerprint density at radius 2 is 1.85 bits per heavy atom. The number of sulfone groups is 1. The predicted molar refractivity (Wildman–Crippen MR) is 99.5 cm³/mol. The number of aryl methyl sites for hydroxylation is 1. The van der Waals surface area contributed by atoms with Crippen LogP contribution in [0.25, 0.3) is 16.6 Å². The lowest BCUT2D eigenvalue weighted by Crippen LogP contribution is -2.05. The first-order valence-electron chi connectivity index (χ1n) is 7.76. The molecule has 1 N–H and O–H groups in total. The van der Waals surface area contributed by atoms with Crippen LogP contribution in [0.2, 0.25) is 5.02 Å². The van der Waals surface area contributed by atoms with E-state index in [1.54, 1.807) is 49.5 Å². The molecular formula is C17H14ClN5O2S. The Labute approximate surface area is 154 Å². The summed E-state index contributed by atoms with van der Waals surface area (Å²) in [6.45, 7) is 1.89. The van der Waals surface area contributed by atoms with Gasteiger partial charge in [-0.15, -0.1) is 5.10 Å². The number of benzene rings is 2. The minimum absolute atomic E-state index is 0.148. The van der Waals surface area contributed by atoms with Crippen LogP contribution in [-0.2, 0) is 9.84 Å². The SMILES string of the molecule is CNc1nc2c(S(=O)(=O)c3ccc(C)cc3)nnn2c2ccc(Cl)cc12. The molecule has 4 aromatic rings. The smallest absolute Gasteiger partial charge is 0.229 e. The number of nitrogens with one attached hydrogen (secondary N) is 1.